The first kappa shape index (κ1) is 15.4. The van der Waals surface area contributed by atoms with Gasteiger partial charge >= 0.3 is 0 Å². The van der Waals surface area contributed by atoms with Gasteiger partial charge in [-0.05, 0) is 37.6 Å². The fraction of sp³-hybridized carbons (Fsp3) is 0.438. The number of rotatable bonds is 6. The molecule has 0 aliphatic carbocycles. The zero-order valence-corrected chi connectivity index (χ0v) is 12.6. The maximum absolute atomic E-state index is 12.1. The second-order valence-electron chi connectivity index (χ2n) is 4.89. The first-order valence-corrected chi connectivity index (χ1v) is 7.13. The predicted octanol–water partition coefficient (Wildman–Crippen LogP) is 1.74. The number of hydrogen-bond donors (Lipinski definition) is 2. The Morgan fingerprint density at radius 2 is 2.10 bits per heavy atom. The van der Waals surface area contributed by atoms with Crippen LogP contribution in [0, 0.1) is 0 Å². The molecule has 5 heteroatoms. The minimum Gasteiger partial charge on any atom is -0.493 e. The molecule has 0 unspecified atom stereocenters. The number of methoxy groups -OCH3 is 2. The molecular weight excluding hydrogens is 268 g/mol. The van der Waals surface area contributed by atoms with Crippen LogP contribution >= 0.6 is 0 Å². The summed E-state index contributed by atoms with van der Waals surface area (Å²) in [6, 6.07) is 5.17. The predicted molar refractivity (Wildman–Crippen MR) is 82.1 cm³/mol. The molecule has 0 aromatic heterocycles. The molecule has 2 rings (SSSR count). The highest BCUT2D eigenvalue weighted by atomic mass is 16.5. The molecular formula is C16H22N2O3. The van der Waals surface area contributed by atoms with Crippen LogP contribution in [0.25, 0.3) is 0 Å². The van der Waals surface area contributed by atoms with E-state index in [1.807, 2.05) is 0 Å². The topological polar surface area (TPSA) is 59.6 Å². The summed E-state index contributed by atoms with van der Waals surface area (Å²) in [5.41, 5.74) is 1.98. The molecule has 0 saturated carbocycles. The number of carbonyl (C=O) groups is 1. The van der Waals surface area contributed by atoms with Gasteiger partial charge < -0.3 is 20.1 Å². The van der Waals surface area contributed by atoms with E-state index in [1.54, 1.807) is 32.4 Å². The van der Waals surface area contributed by atoms with E-state index >= 15 is 0 Å². The van der Waals surface area contributed by atoms with Crippen LogP contribution in [-0.2, 0) is 0 Å². The van der Waals surface area contributed by atoms with E-state index in [9.17, 15) is 4.79 Å². The number of ether oxygens (including phenoxy) is 2. The Kier molecular flexibility index (Phi) is 5.63. The molecule has 1 aliphatic rings. The molecule has 21 heavy (non-hydrogen) atoms. The lowest BCUT2D eigenvalue weighted by Crippen LogP contribution is -2.26. The highest BCUT2D eigenvalue weighted by Gasteiger charge is 2.10. The number of nitrogens with one attached hydrogen (secondary N) is 2. The zero-order chi connectivity index (χ0) is 15.1. The fourth-order valence-electron chi connectivity index (χ4n) is 2.31. The monoisotopic (exact) mass is 290 g/mol. The van der Waals surface area contributed by atoms with Crippen molar-refractivity contribution in [2.24, 2.45) is 0 Å². The van der Waals surface area contributed by atoms with Gasteiger partial charge in [0, 0.05) is 18.7 Å². The Balaban J connectivity index is 1.89. The van der Waals surface area contributed by atoms with Crippen LogP contribution in [0.15, 0.2) is 29.8 Å². The van der Waals surface area contributed by atoms with E-state index in [0.717, 1.165) is 25.9 Å². The van der Waals surface area contributed by atoms with Gasteiger partial charge in [-0.15, -0.1) is 0 Å². The Labute approximate surface area is 125 Å². The SMILES string of the molecule is COc1ccc(C(=O)NCCC2=CCNCC2)cc1OC. The Bertz CT molecular complexity index is 526. The summed E-state index contributed by atoms with van der Waals surface area (Å²) in [7, 11) is 3.13. The van der Waals surface area contributed by atoms with Gasteiger partial charge in [0.2, 0.25) is 0 Å². The van der Waals surface area contributed by atoms with Crippen molar-refractivity contribution in [1.29, 1.82) is 0 Å². The second-order valence-corrected chi connectivity index (χ2v) is 4.89. The quantitative estimate of drug-likeness (QED) is 0.784. The first-order valence-electron chi connectivity index (χ1n) is 7.13. The van der Waals surface area contributed by atoms with Crippen molar-refractivity contribution in [3.05, 3.63) is 35.4 Å². The van der Waals surface area contributed by atoms with Crippen LogP contribution in [0.2, 0.25) is 0 Å². The molecule has 0 spiro atoms. The number of amides is 1. The van der Waals surface area contributed by atoms with Crippen molar-refractivity contribution in [1.82, 2.24) is 10.6 Å². The normalized spacial score (nSPS) is 14.3. The molecule has 0 atom stereocenters. The van der Waals surface area contributed by atoms with Crippen molar-refractivity contribution < 1.29 is 14.3 Å². The van der Waals surface area contributed by atoms with Gasteiger partial charge in [-0.25, -0.2) is 0 Å². The maximum Gasteiger partial charge on any atom is 0.251 e. The van der Waals surface area contributed by atoms with E-state index in [2.05, 4.69) is 16.7 Å². The van der Waals surface area contributed by atoms with Gasteiger partial charge in [0.1, 0.15) is 0 Å². The van der Waals surface area contributed by atoms with Crippen molar-refractivity contribution >= 4 is 5.91 Å². The van der Waals surface area contributed by atoms with Crippen LogP contribution in [0.1, 0.15) is 23.2 Å². The zero-order valence-electron chi connectivity index (χ0n) is 12.6. The third kappa shape index (κ3) is 4.23. The minimum atomic E-state index is -0.0921. The Morgan fingerprint density at radius 1 is 1.29 bits per heavy atom. The molecule has 0 fully saturated rings. The van der Waals surface area contributed by atoms with Crippen molar-refractivity contribution in [3.63, 3.8) is 0 Å². The standard InChI is InChI=1S/C16H22N2O3/c1-20-14-4-3-13(11-15(14)21-2)16(19)18-10-7-12-5-8-17-9-6-12/h3-5,11,17H,6-10H2,1-2H3,(H,18,19). The molecule has 1 aliphatic heterocycles. The number of benzene rings is 1. The highest BCUT2D eigenvalue weighted by molar-refractivity contribution is 5.94. The van der Waals surface area contributed by atoms with Crippen LogP contribution < -0.4 is 20.1 Å². The molecule has 1 aromatic rings. The number of carbonyl (C=O) groups excluding carboxylic acids is 1. The lowest BCUT2D eigenvalue weighted by Gasteiger charge is -2.14. The average molecular weight is 290 g/mol. The molecule has 1 amide bonds. The molecule has 5 nitrogen and oxygen atoms in total. The molecule has 0 radical (unpaired) electrons. The average Bonchev–Trinajstić information content (AvgIpc) is 2.55. The van der Waals surface area contributed by atoms with Crippen LogP contribution in [0.4, 0.5) is 0 Å². The lowest BCUT2D eigenvalue weighted by atomic mass is 10.1. The first-order chi connectivity index (χ1) is 10.2. The molecule has 2 N–H and O–H groups in total. The summed E-state index contributed by atoms with van der Waals surface area (Å²) in [6.07, 6.45) is 4.17. The minimum absolute atomic E-state index is 0.0921. The van der Waals surface area contributed by atoms with Gasteiger partial charge in [0.05, 0.1) is 14.2 Å². The molecule has 1 heterocycles. The largest absolute Gasteiger partial charge is 0.493 e. The van der Waals surface area contributed by atoms with E-state index < -0.39 is 0 Å². The maximum atomic E-state index is 12.1. The lowest BCUT2D eigenvalue weighted by molar-refractivity contribution is 0.0953. The molecule has 1 aromatic carbocycles. The summed E-state index contributed by atoms with van der Waals surface area (Å²) >= 11 is 0. The van der Waals surface area contributed by atoms with Crippen LogP contribution in [0.3, 0.4) is 0 Å². The highest BCUT2D eigenvalue weighted by Crippen LogP contribution is 2.27. The van der Waals surface area contributed by atoms with Gasteiger partial charge in [0.15, 0.2) is 11.5 Å². The van der Waals surface area contributed by atoms with Crippen molar-refractivity contribution in [2.45, 2.75) is 12.8 Å². The number of hydrogen-bond acceptors (Lipinski definition) is 4. The molecule has 0 bridgehead atoms. The summed E-state index contributed by atoms with van der Waals surface area (Å²) in [4.78, 5) is 12.1. The van der Waals surface area contributed by atoms with Crippen molar-refractivity contribution in [2.75, 3.05) is 33.9 Å². The van der Waals surface area contributed by atoms with Crippen LogP contribution in [-0.4, -0.2) is 39.8 Å². The summed E-state index contributed by atoms with van der Waals surface area (Å²) < 4.78 is 10.4. The fourth-order valence-corrected chi connectivity index (χ4v) is 2.31. The van der Waals surface area contributed by atoms with E-state index in [4.69, 9.17) is 9.47 Å². The second kappa shape index (κ2) is 7.69. The molecule has 114 valence electrons. The third-order valence-corrected chi connectivity index (χ3v) is 3.54. The third-order valence-electron chi connectivity index (χ3n) is 3.54. The van der Waals surface area contributed by atoms with Gasteiger partial charge in [-0.2, -0.15) is 0 Å². The van der Waals surface area contributed by atoms with Crippen LogP contribution in [0.5, 0.6) is 11.5 Å². The van der Waals surface area contributed by atoms with Gasteiger partial charge in [-0.3, -0.25) is 4.79 Å². The van der Waals surface area contributed by atoms with E-state index in [0.29, 0.717) is 23.6 Å². The smallest absolute Gasteiger partial charge is 0.251 e. The van der Waals surface area contributed by atoms with E-state index in [1.165, 1.54) is 5.57 Å². The Hall–Kier alpha value is -2.01. The van der Waals surface area contributed by atoms with Gasteiger partial charge in [0.25, 0.3) is 5.91 Å². The molecule has 0 saturated heterocycles. The van der Waals surface area contributed by atoms with Crippen molar-refractivity contribution in [3.8, 4) is 11.5 Å². The summed E-state index contributed by atoms with van der Waals surface area (Å²) in [6.45, 7) is 2.60. The Morgan fingerprint density at radius 3 is 2.76 bits per heavy atom. The summed E-state index contributed by atoms with van der Waals surface area (Å²) in [5, 5.41) is 6.21. The summed E-state index contributed by atoms with van der Waals surface area (Å²) in [5.74, 6) is 1.09. The van der Waals surface area contributed by atoms with Gasteiger partial charge in [-0.1, -0.05) is 11.6 Å². The van der Waals surface area contributed by atoms with E-state index in [-0.39, 0.29) is 5.91 Å².